The molecule has 1 amide bonds. The number of amides is 1. The quantitative estimate of drug-likeness (QED) is 0.249. The maximum absolute atomic E-state index is 10.5. The van der Waals surface area contributed by atoms with Gasteiger partial charge in [-0.2, -0.15) is 0 Å². The highest BCUT2D eigenvalue weighted by Gasteiger charge is 2.16. The van der Waals surface area contributed by atoms with Gasteiger partial charge in [0.1, 0.15) is 35.2 Å². The second-order valence-corrected chi connectivity index (χ2v) is 9.14. The molecule has 0 spiro atoms. The number of fused-ring (bicyclic) bond motifs is 1. The molecule has 9 nitrogen and oxygen atoms in total. The Morgan fingerprint density at radius 3 is 2.65 bits per heavy atom. The Morgan fingerprint density at radius 1 is 1.14 bits per heavy atom. The van der Waals surface area contributed by atoms with Crippen LogP contribution in [0.25, 0.3) is 33.8 Å². The number of rotatable bonds is 10. The molecule has 1 fully saturated rings. The minimum absolute atomic E-state index is 0.0336. The van der Waals surface area contributed by atoms with Gasteiger partial charge in [0.05, 0.1) is 13.2 Å². The first-order chi connectivity index (χ1) is 18.2. The van der Waals surface area contributed by atoms with Gasteiger partial charge < -0.3 is 24.7 Å². The highest BCUT2D eigenvalue weighted by Crippen LogP contribution is 2.31. The maximum atomic E-state index is 10.5. The average molecular weight is 501 g/mol. The van der Waals surface area contributed by atoms with Crippen LogP contribution in [0.4, 0.5) is 5.69 Å². The Labute approximate surface area is 216 Å². The van der Waals surface area contributed by atoms with Gasteiger partial charge in [0, 0.05) is 42.9 Å². The van der Waals surface area contributed by atoms with Crippen LogP contribution in [-0.4, -0.2) is 65.3 Å². The third-order valence-corrected chi connectivity index (χ3v) is 6.69. The normalized spacial score (nSPS) is 14.5. The molecule has 1 unspecified atom stereocenters. The van der Waals surface area contributed by atoms with Crippen LogP contribution in [0.15, 0.2) is 48.8 Å². The van der Waals surface area contributed by atoms with Crippen LogP contribution < -0.4 is 15.0 Å². The van der Waals surface area contributed by atoms with Gasteiger partial charge in [0.15, 0.2) is 5.65 Å². The molecule has 0 saturated carbocycles. The van der Waals surface area contributed by atoms with Crippen LogP contribution in [0.2, 0.25) is 0 Å². The molecule has 37 heavy (non-hydrogen) atoms. The van der Waals surface area contributed by atoms with Gasteiger partial charge in [0.25, 0.3) is 0 Å². The van der Waals surface area contributed by atoms with E-state index in [1.54, 1.807) is 6.33 Å². The van der Waals surface area contributed by atoms with Crippen LogP contribution in [0.5, 0.6) is 5.75 Å². The molecule has 2 aromatic heterocycles. The van der Waals surface area contributed by atoms with E-state index in [1.165, 1.54) is 5.69 Å². The lowest BCUT2D eigenvalue weighted by Gasteiger charge is -2.28. The van der Waals surface area contributed by atoms with Gasteiger partial charge >= 0.3 is 0 Å². The van der Waals surface area contributed by atoms with Crippen LogP contribution in [0.3, 0.4) is 0 Å². The summed E-state index contributed by atoms with van der Waals surface area (Å²) in [6.45, 7) is 8.04. The fourth-order valence-electron chi connectivity index (χ4n) is 4.59. The number of ether oxygens (including phenoxy) is 2. The van der Waals surface area contributed by atoms with E-state index < -0.39 is 0 Å². The first kappa shape index (κ1) is 24.7. The van der Waals surface area contributed by atoms with Crippen molar-refractivity contribution in [3.05, 3.63) is 54.4 Å². The Balaban J connectivity index is 1.37. The second-order valence-electron chi connectivity index (χ2n) is 9.14. The monoisotopic (exact) mass is 500 g/mol. The minimum atomic E-state index is 0.0336. The highest BCUT2D eigenvalue weighted by molar-refractivity contribution is 5.89. The van der Waals surface area contributed by atoms with Crippen molar-refractivity contribution >= 4 is 23.3 Å². The van der Waals surface area contributed by atoms with E-state index in [0.717, 1.165) is 85.0 Å². The largest absolute Gasteiger partial charge is 0.490 e. The molecule has 2 N–H and O–H groups in total. The van der Waals surface area contributed by atoms with Gasteiger partial charge in [-0.25, -0.2) is 15.0 Å². The third-order valence-electron chi connectivity index (χ3n) is 6.69. The van der Waals surface area contributed by atoms with E-state index in [2.05, 4.69) is 62.4 Å². The first-order valence-corrected chi connectivity index (χ1v) is 12.7. The number of imidazole rings is 1. The number of aryl methyl sites for hydroxylation is 1. The van der Waals surface area contributed by atoms with E-state index in [9.17, 15) is 4.79 Å². The minimum Gasteiger partial charge on any atom is -0.490 e. The maximum Gasteiger partial charge on any atom is 0.207 e. The zero-order valence-corrected chi connectivity index (χ0v) is 21.2. The lowest BCUT2D eigenvalue weighted by Crippen LogP contribution is -2.36. The molecule has 1 saturated heterocycles. The fraction of sp³-hybridized carbons (Fsp3) is 0.357. The number of benzene rings is 2. The number of nitrogens with zero attached hydrogens (tertiary/aromatic N) is 4. The molecular weight excluding hydrogens is 468 g/mol. The molecule has 1 aliphatic heterocycles. The van der Waals surface area contributed by atoms with Crippen molar-refractivity contribution in [2.75, 3.05) is 37.7 Å². The summed E-state index contributed by atoms with van der Waals surface area (Å²) >= 11 is 0. The summed E-state index contributed by atoms with van der Waals surface area (Å²) in [6, 6.07) is 14.5. The number of carbonyl (C=O) groups is 1. The topological polar surface area (TPSA) is 105 Å². The van der Waals surface area contributed by atoms with Crippen molar-refractivity contribution in [2.24, 2.45) is 0 Å². The van der Waals surface area contributed by atoms with Gasteiger partial charge in [-0.15, -0.1) is 0 Å². The van der Waals surface area contributed by atoms with Crippen molar-refractivity contribution in [1.29, 1.82) is 0 Å². The standard InChI is InChI=1S/C28H32N6O3/c1-3-23(10-11-29-18-35)37-24-9-6-21(16-19(24)2)25-26-28(31-17-30-25)33-27(32-26)20-4-7-22(8-5-20)34-12-14-36-15-13-34/h4-9,16-18,23H,3,10-15H2,1-2H3,(H,29,35)(H,30,31,32,33). The van der Waals surface area contributed by atoms with E-state index in [-0.39, 0.29) is 6.10 Å². The fourth-order valence-corrected chi connectivity index (χ4v) is 4.59. The summed E-state index contributed by atoms with van der Waals surface area (Å²) in [5.74, 6) is 1.59. The van der Waals surface area contributed by atoms with Crippen molar-refractivity contribution in [2.45, 2.75) is 32.8 Å². The summed E-state index contributed by atoms with van der Waals surface area (Å²) in [5, 5.41) is 2.70. The SMILES string of the molecule is CCC(CCNC=O)Oc1ccc(-c2ncnc3[nH]c(-c4ccc(N5CCOCC5)cc4)nc23)cc1C. The third kappa shape index (κ3) is 5.56. The summed E-state index contributed by atoms with van der Waals surface area (Å²) in [7, 11) is 0. The Morgan fingerprint density at radius 2 is 1.92 bits per heavy atom. The van der Waals surface area contributed by atoms with Crippen molar-refractivity contribution in [1.82, 2.24) is 25.3 Å². The van der Waals surface area contributed by atoms with Gasteiger partial charge in [-0.3, -0.25) is 4.79 Å². The zero-order valence-electron chi connectivity index (χ0n) is 21.2. The molecular formula is C28H32N6O3. The van der Waals surface area contributed by atoms with E-state index >= 15 is 0 Å². The van der Waals surface area contributed by atoms with Crippen molar-refractivity contribution in [3.8, 4) is 28.4 Å². The summed E-state index contributed by atoms with van der Waals surface area (Å²) in [6.07, 6.45) is 3.93. The molecule has 9 heteroatoms. The number of nitrogens with one attached hydrogen (secondary N) is 2. The van der Waals surface area contributed by atoms with Gasteiger partial charge in [0.2, 0.25) is 6.41 Å². The number of carbonyl (C=O) groups excluding carboxylic acids is 1. The number of H-pyrrole nitrogens is 1. The second kappa shape index (κ2) is 11.4. The predicted molar refractivity (Wildman–Crippen MR) is 144 cm³/mol. The number of aromatic amines is 1. The van der Waals surface area contributed by atoms with Crippen molar-refractivity contribution in [3.63, 3.8) is 0 Å². The molecule has 0 bridgehead atoms. The molecule has 0 aliphatic carbocycles. The lowest BCUT2D eigenvalue weighted by atomic mass is 10.1. The molecule has 4 aromatic rings. The van der Waals surface area contributed by atoms with Crippen LogP contribution in [-0.2, 0) is 9.53 Å². The predicted octanol–water partition coefficient (Wildman–Crippen LogP) is 4.13. The Bertz CT molecular complexity index is 1350. The van der Waals surface area contributed by atoms with Gasteiger partial charge in [-0.05, 0) is 61.4 Å². The lowest BCUT2D eigenvalue weighted by molar-refractivity contribution is -0.109. The number of aromatic nitrogens is 4. The Kier molecular flexibility index (Phi) is 7.60. The molecule has 3 heterocycles. The highest BCUT2D eigenvalue weighted by atomic mass is 16.5. The molecule has 5 rings (SSSR count). The number of morpholine rings is 1. The number of hydrogen-bond acceptors (Lipinski definition) is 7. The van der Waals surface area contributed by atoms with E-state index in [0.29, 0.717) is 12.2 Å². The van der Waals surface area contributed by atoms with Crippen LogP contribution in [0, 0.1) is 6.92 Å². The van der Waals surface area contributed by atoms with Crippen LogP contribution in [0.1, 0.15) is 25.3 Å². The number of hydrogen-bond donors (Lipinski definition) is 2. The smallest absolute Gasteiger partial charge is 0.207 e. The molecule has 1 atom stereocenters. The van der Waals surface area contributed by atoms with Crippen LogP contribution >= 0.6 is 0 Å². The molecule has 2 aromatic carbocycles. The van der Waals surface area contributed by atoms with E-state index in [4.69, 9.17) is 14.5 Å². The molecule has 1 aliphatic rings. The van der Waals surface area contributed by atoms with E-state index in [1.807, 2.05) is 19.1 Å². The van der Waals surface area contributed by atoms with Crippen molar-refractivity contribution < 1.29 is 14.3 Å². The zero-order chi connectivity index (χ0) is 25.6. The number of anilines is 1. The molecule has 192 valence electrons. The van der Waals surface area contributed by atoms with Gasteiger partial charge in [-0.1, -0.05) is 6.92 Å². The average Bonchev–Trinajstić information content (AvgIpc) is 3.39. The summed E-state index contributed by atoms with van der Waals surface area (Å²) < 4.78 is 11.7. The summed E-state index contributed by atoms with van der Waals surface area (Å²) in [4.78, 5) is 30.1. The summed E-state index contributed by atoms with van der Waals surface area (Å²) in [5.41, 5.74) is 6.35. The molecule has 0 radical (unpaired) electrons. The Hall–Kier alpha value is -3.98. The first-order valence-electron chi connectivity index (χ1n) is 12.7.